The smallest absolute Gasteiger partial charge is 0.0968 e. The van der Waals surface area contributed by atoms with Gasteiger partial charge in [0.2, 0.25) is 0 Å². The van der Waals surface area contributed by atoms with Crippen molar-refractivity contribution < 1.29 is 4.65 Å². The van der Waals surface area contributed by atoms with Crippen molar-refractivity contribution in [2.24, 2.45) is 0 Å². The third-order valence-corrected chi connectivity index (χ3v) is 9.30. The Morgan fingerprint density at radius 3 is 0.756 bits per heavy atom. The molecule has 0 aromatic carbocycles. The van der Waals surface area contributed by atoms with Gasteiger partial charge in [0, 0.05) is 0 Å². The van der Waals surface area contributed by atoms with E-state index in [1.807, 2.05) is 6.08 Å². The molecular formula is C39H79NO. The van der Waals surface area contributed by atoms with Gasteiger partial charge in [-0.05, 0) is 31.8 Å². The maximum Gasteiger partial charge on any atom is 0.0968 e. The van der Waals surface area contributed by atoms with Crippen molar-refractivity contribution in [3.63, 3.8) is 0 Å². The molecule has 2 heteroatoms. The monoisotopic (exact) mass is 578 g/mol. The van der Waals surface area contributed by atoms with Gasteiger partial charge in [-0.1, -0.05) is 200 Å². The van der Waals surface area contributed by atoms with Crippen LogP contribution in [0, 0.1) is 5.21 Å². The molecule has 0 aromatic heterocycles. The zero-order valence-corrected chi connectivity index (χ0v) is 28.9. The molecule has 0 aliphatic rings. The minimum absolute atomic E-state index is 0.0271. The first-order valence-electron chi connectivity index (χ1n) is 19.4. The Morgan fingerprint density at radius 1 is 0.366 bits per heavy atom. The molecule has 0 fully saturated rings. The Hall–Kier alpha value is -0.340. The molecule has 0 saturated carbocycles. The van der Waals surface area contributed by atoms with E-state index in [1.54, 1.807) is 0 Å². The maximum absolute atomic E-state index is 13.3. The Kier molecular flexibility index (Phi) is 33.9. The molecule has 2 nitrogen and oxygen atoms in total. The number of nitrogens with zero attached hydrogens (tertiary/aromatic N) is 1. The topological polar surface area (TPSA) is 23.1 Å². The van der Waals surface area contributed by atoms with Crippen molar-refractivity contribution in [1.29, 1.82) is 0 Å². The van der Waals surface area contributed by atoms with Crippen LogP contribution in [-0.2, 0) is 0 Å². The van der Waals surface area contributed by atoms with E-state index >= 15 is 0 Å². The molecule has 41 heavy (non-hydrogen) atoms. The molecule has 0 heterocycles. The van der Waals surface area contributed by atoms with Crippen molar-refractivity contribution in [3.05, 3.63) is 17.9 Å². The molecule has 0 N–H and O–H groups in total. The van der Waals surface area contributed by atoms with Gasteiger partial charge in [0.05, 0.1) is 19.6 Å². The van der Waals surface area contributed by atoms with Gasteiger partial charge in [-0.2, -0.15) is 0 Å². The lowest BCUT2D eigenvalue weighted by Crippen LogP contribution is -2.43. The van der Waals surface area contributed by atoms with E-state index in [4.69, 9.17) is 0 Å². The third-order valence-electron chi connectivity index (χ3n) is 9.30. The van der Waals surface area contributed by atoms with Crippen molar-refractivity contribution in [2.45, 2.75) is 219 Å². The van der Waals surface area contributed by atoms with E-state index in [2.05, 4.69) is 20.4 Å². The quantitative estimate of drug-likeness (QED) is 0.0314. The minimum Gasteiger partial charge on any atom is -0.633 e. The molecule has 0 aliphatic carbocycles. The summed E-state index contributed by atoms with van der Waals surface area (Å²) in [6.45, 7) is 10.7. The fourth-order valence-electron chi connectivity index (χ4n) is 6.43. The summed E-state index contributed by atoms with van der Waals surface area (Å²) >= 11 is 0. The van der Waals surface area contributed by atoms with Crippen LogP contribution in [0.1, 0.15) is 219 Å². The summed E-state index contributed by atoms with van der Waals surface area (Å²) in [5.41, 5.74) is 0. The van der Waals surface area contributed by atoms with Gasteiger partial charge in [-0.25, -0.2) is 0 Å². The summed E-state index contributed by atoms with van der Waals surface area (Å²) in [7, 11) is 0. The van der Waals surface area contributed by atoms with Gasteiger partial charge in [0.15, 0.2) is 0 Å². The Morgan fingerprint density at radius 2 is 0.561 bits per heavy atom. The molecule has 0 saturated heterocycles. The van der Waals surface area contributed by atoms with E-state index in [9.17, 15) is 5.21 Å². The second-order valence-electron chi connectivity index (χ2n) is 13.6. The van der Waals surface area contributed by atoms with Crippen LogP contribution in [-0.4, -0.2) is 24.3 Å². The van der Waals surface area contributed by atoms with E-state index in [1.165, 1.54) is 193 Å². The van der Waals surface area contributed by atoms with Crippen molar-refractivity contribution in [3.8, 4) is 0 Å². The predicted octanol–water partition coefficient (Wildman–Crippen LogP) is 14.0. The summed E-state index contributed by atoms with van der Waals surface area (Å²) in [5, 5.41) is 13.3. The lowest BCUT2D eigenvalue weighted by Gasteiger charge is -2.42. The van der Waals surface area contributed by atoms with E-state index < -0.39 is 0 Å². The predicted molar refractivity (Wildman–Crippen MR) is 188 cm³/mol. The SMILES string of the molecule is C=CC[N+]([O-])(CCCCCCCCCCCCCCCCCC)CCCCCCCCCCCCCCCCCC. The van der Waals surface area contributed by atoms with Crippen LogP contribution in [0.25, 0.3) is 0 Å². The molecule has 0 bridgehead atoms. The highest BCUT2D eigenvalue weighted by Crippen LogP contribution is 2.17. The fraction of sp³-hybridized carbons (Fsp3) is 0.949. The van der Waals surface area contributed by atoms with E-state index in [-0.39, 0.29) is 4.65 Å². The van der Waals surface area contributed by atoms with Crippen molar-refractivity contribution >= 4 is 0 Å². The molecule has 0 unspecified atom stereocenters. The maximum atomic E-state index is 13.3. The van der Waals surface area contributed by atoms with Crippen LogP contribution >= 0.6 is 0 Å². The van der Waals surface area contributed by atoms with Crippen molar-refractivity contribution in [2.75, 3.05) is 19.6 Å². The van der Waals surface area contributed by atoms with Gasteiger partial charge in [0.1, 0.15) is 0 Å². The second-order valence-corrected chi connectivity index (χ2v) is 13.6. The largest absolute Gasteiger partial charge is 0.633 e. The molecule has 0 aliphatic heterocycles. The summed E-state index contributed by atoms with van der Waals surface area (Å²) < 4.78 is -0.0271. The van der Waals surface area contributed by atoms with Crippen LogP contribution < -0.4 is 0 Å². The van der Waals surface area contributed by atoms with Crippen LogP contribution in [0.2, 0.25) is 0 Å². The van der Waals surface area contributed by atoms with E-state index in [0.717, 1.165) is 25.9 Å². The molecular weight excluding hydrogens is 498 g/mol. The molecule has 0 spiro atoms. The number of unbranched alkanes of at least 4 members (excludes halogenated alkanes) is 30. The fourth-order valence-corrected chi connectivity index (χ4v) is 6.43. The summed E-state index contributed by atoms with van der Waals surface area (Å²) in [6.07, 6.45) is 46.1. The number of quaternary nitrogens is 1. The highest BCUT2D eigenvalue weighted by atomic mass is 16.5. The molecule has 246 valence electrons. The molecule has 0 rings (SSSR count). The normalized spacial score (nSPS) is 11.9. The Labute approximate surface area is 261 Å². The van der Waals surface area contributed by atoms with Gasteiger partial charge >= 0.3 is 0 Å². The first kappa shape index (κ1) is 40.7. The average Bonchev–Trinajstić information content (AvgIpc) is 2.97. The Bertz CT molecular complexity index is 454. The third kappa shape index (κ3) is 32.4. The lowest BCUT2D eigenvalue weighted by atomic mass is 10.0. The number of hydrogen-bond acceptors (Lipinski definition) is 1. The van der Waals surface area contributed by atoms with Crippen LogP contribution in [0.5, 0.6) is 0 Å². The summed E-state index contributed by atoms with van der Waals surface area (Å²) in [4.78, 5) is 0. The standard InChI is InChI=1S/C39H79NO/c1-4-7-9-11-13-15-17-19-21-23-25-27-29-31-33-35-38-40(41,37-6-3)39-36-34-32-30-28-26-24-22-20-18-16-14-12-10-8-5-2/h6H,3-5,7-39H2,1-2H3. The first-order valence-corrected chi connectivity index (χ1v) is 19.4. The first-order chi connectivity index (χ1) is 20.2. The molecule has 0 aromatic rings. The van der Waals surface area contributed by atoms with Crippen LogP contribution in [0.3, 0.4) is 0 Å². The summed E-state index contributed by atoms with van der Waals surface area (Å²) in [5.74, 6) is 0. The van der Waals surface area contributed by atoms with Crippen LogP contribution in [0.4, 0.5) is 0 Å². The van der Waals surface area contributed by atoms with Crippen LogP contribution in [0.15, 0.2) is 12.7 Å². The number of hydroxylamine groups is 3. The number of hydrogen-bond donors (Lipinski definition) is 0. The highest BCUT2D eigenvalue weighted by molar-refractivity contribution is 4.67. The zero-order chi connectivity index (χ0) is 30.0. The van der Waals surface area contributed by atoms with E-state index in [0.29, 0.717) is 6.54 Å². The van der Waals surface area contributed by atoms with Gasteiger partial charge in [-0.15, -0.1) is 0 Å². The Balaban J connectivity index is 3.49. The number of rotatable bonds is 36. The molecule has 0 radical (unpaired) electrons. The minimum atomic E-state index is -0.0271. The van der Waals surface area contributed by atoms with Gasteiger partial charge < -0.3 is 9.85 Å². The molecule has 0 amide bonds. The van der Waals surface area contributed by atoms with Gasteiger partial charge in [-0.3, -0.25) is 0 Å². The average molecular weight is 578 g/mol. The molecule has 0 atom stereocenters. The highest BCUT2D eigenvalue weighted by Gasteiger charge is 2.14. The second kappa shape index (κ2) is 34.2. The zero-order valence-electron chi connectivity index (χ0n) is 28.9. The summed E-state index contributed by atoms with van der Waals surface area (Å²) in [6, 6.07) is 0. The van der Waals surface area contributed by atoms with Gasteiger partial charge in [0.25, 0.3) is 0 Å². The lowest BCUT2D eigenvalue weighted by molar-refractivity contribution is -0.875. The van der Waals surface area contributed by atoms with Crippen molar-refractivity contribution in [1.82, 2.24) is 0 Å².